The van der Waals surface area contributed by atoms with Gasteiger partial charge in [0.15, 0.2) is 0 Å². The van der Waals surface area contributed by atoms with Gasteiger partial charge >= 0.3 is 5.97 Å². The van der Waals surface area contributed by atoms with Crippen LogP contribution >= 0.6 is 11.3 Å². The van der Waals surface area contributed by atoms with E-state index in [1.54, 1.807) is 23.5 Å². The summed E-state index contributed by atoms with van der Waals surface area (Å²) in [6, 6.07) is 7.84. The van der Waals surface area contributed by atoms with E-state index in [1.165, 1.54) is 11.1 Å². The van der Waals surface area contributed by atoms with Crippen LogP contribution in [0.5, 0.6) is 0 Å². The second kappa shape index (κ2) is 5.95. The van der Waals surface area contributed by atoms with Gasteiger partial charge in [0.25, 0.3) is 0 Å². The SMILES string of the molecule is CC(c1cccs1)N(C)Cc1ccc(C(=O)O)cn1. The highest BCUT2D eigenvalue weighted by Crippen LogP contribution is 2.24. The minimum absolute atomic E-state index is 0.220. The highest BCUT2D eigenvalue weighted by molar-refractivity contribution is 7.10. The summed E-state index contributed by atoms with van der Waals surface area (Å²) < 4.78 is 0. The smallest absolute Gasteiger partial charge is 0.337 e. The topological polar surface area (TPSA) is 53.4 Å². The standard InChI is InChI=1S/C14H16N2O2S/c1-10(13-4-3-7-19-13)16(2)9-12-6-5-11(8-15-12)14(17)18/h3-8,10H,9H2,1-2H3,(H,17,18). The van der Waals surface area contributed by atoms with Crippen LogP contribution in [0, 0.1) is 0 Å². The summed E-state index contributed by atoms with van der Waals surface area (Å²) >= 11 is 1.74. The highest BCUT2D eigenvalue weighted by Gasteiger charge is 2.13. The lowest BCUT2D eigenvalue weighted by atomic mass is 10.2. The van der Waals surface area contributed by atoms with Crippen LogP contribution in [0.2, 0.25) is 0 Å². The van der Waals surface area contributed by atoms with Gasteiger partial charge in [0.1, 0.15) is 0 Å². The number of carboxylic acids is 1. The Labute approximate surface area is 116 Å². The number of carbonyl (C=O) groups is 1. The average Bonchev–Trinajstić information content (AvgIpc) is 2.92. The van der Waals surface area contributed by atoms with Crippen molar-refractivity contribution >= 4 is 17.3 Å². The van der Waals surface area contributed by atoms with Crippen LogP contribution in [0.25, 0.3) is 0 Å². The molecule has 2 rings (SSSR count). The van der Waals surface area contributed by atoms with Gasteiger partial charge in [0.05, 0.1) is 11.3 Å². The number of rotatable bonds is 5. The fourth-order valence-electron chi connectivity index (χ4n) is 1.78. The molecule has 0 aliphatic rings. The highest BCUT2D eigenvalue weighted by atomic mass is 32.1. The molecule has 0 fully saturated rings. The van der Waals surface area contributed by atoms with Crippen molar-refractivity contribution in [2.24, 2.45) is 0 Å². The number of thiophene rings is 1. The molecule has 0 saturated carbocycles. The molecule has 100 valence electrons. The monoisotopic (exact) mass is 276 g/mol. The Morgan fingerprint density at radius 3 is 2.79 bits per heavy atom. The van der Waals surface area contributed by atoms with E-state index in [0.29, 0.717) is 12.6 Å². The summed E-state index contributed by atoms with van der Waals surface area (Å²) in [4.78, 5) is 18.4. The maximum Gasteiger partial charge on any atom is 0.337 e. The second-order valence-electron chi connectivity index (χ2n) is 4.45. The fourth-order valence-corrected chi connectivity index (χ4v) is 2.63. The maximum atomic E-state index is 10.7. The van der Waals surface area contributed by atoms with E-state index >= 15 is 0 Å². The van der Waals surface area contributed by atoms with Gasteiger partial charge in [-0.15, -0.1) is 11.3 Å². The molecule has 1 unspecified atom stereocenters. The minimum Gasteiger partial charge on any atom is -0.478 e. The van der Waals surface area contributed by atoms with Gasteiger partial charge in [-0.2, -0.15) is 0 Å². The van der Waals surface area contributed by atoms with Crippen molar-refractivity contribution in [2.75, 3.05) is 7.05 Å². The number of hydrogen-bond donors (Lipinski definition) is 1. The first-order chi connectivity index (χ1) is 9.08. The lowest BCUT2D eigenvalue weighted by molar-refractivity contribution is 0.0696. The van der Waals surface area contributed by atoms with Crippen molar-refractivity contribution < 1.29 is 9.90 Å². The van der Waals surface area contributed by atoms with E-state index in [0.717, 1.165) is 5.69 Å². The number of aromatic carboxylic acids is 1. The molecule has 0 bridgehead atoms. The second-order valence-corrected chi connectivity index (χ2v) is 5.43. The summed E-state index contributed by atoms with van der Waals surface area (Å²) in [5, 5.41) is 10.9. The normalized spacial score (nSPS) is 12.6. The Balaban J connectivity index is 2.02. The zero-order chi connectivity index (χ0) is 13.8. The molecule has 5 heteroatoms. The Kier molecular flexibility index (Phi) is 4.29. The van der Waals surface area contributed by atoms with Gasteiger partial charge < -0.3 is 5.11 Å². The van der Waals surface area contributed by atoms with Crippen LogP contribution in [-0.4, -0.2) is 28.0 Å². The molecule has 0 radical (unpaired) electrons. The predicted octanol–water partition coefficient (Wildman–Crippen LogP) is 3.03. The minimum atomic E-state index is -0.945. The molecule has 1 N–H and O–H groups in total. The van der Waals surface area contributed by atoms with Crippen LogP contribution in [0.4, 0.5) is 0 Å². The van der Waals surface area contributed by atoms with E-state index < -0.39 is 5.97 Å². The predicted molar refractivity (Wildman–Crippen MR) is 75.4 cm³/mol. The number of aromatic nitrogens is 1. The summed E-state index contributed by atoms with van der Waals surface area (Å²) in [5.41, 5.74) is 1.09. The lowest BCUT2D eigenvalue weighted by Crippen LogP contribution is -2.21. The first-order valence-electron chi connectivity index (χ1n) is 6.00. The maximum absolute atomic E-state index is 10.7. The van der Waals surface area contributed by atoms with Crippen LogP contribution < -0.4 is 0 Å². The third kappa shape index (κ3) is 3.39. The van der Waals surface area contributed by atoms with E-state index in [1.807, 2.05) is 13.1 Å². The average molecular weight is 276 g/mol. The van der Waals surface area contributed by atoms with Gasteiger partial charge in [0, 0.05) is 23.7 Å². The molecule has 0 saturated heterocycles. The van der Waals surface area contributed by atoms with Crippen molar-refractivity contribution in [1.29, 1.82) is 0 Å². The number of nitrogens with zero attached hydrogens (tertiary/aromatic N) is 2. The van der Waals surface area contributed by atoms with Crippen molar-refractivity contribution in [3.05, 3.63) is 52.0 Å². The fraction of sp³-hybridized carbons (Fsp3) is 0.286. The first kappa shape index (κ1) is 13.7. The third-order valence-corrected chi connectivity index (χ3v) is 4.14. The van der Waals surface area contributed by atoms with Gasteiger partial charge in [-0.3, -0.25) is 9.88 Å². The number of pyridine rings is 1. The first-order valence-corrected chi connectivity index (χ1v) is 6.87. The van der Waals surface area contributed by atoms with Crippen LogP contribution in [0.1, 0.15) is 33.9 Å². The van der Waals surface area contributed by atoms with E-state index in [4.69, 9.17) is 5.11 Å². The molecular weight excluding hydrogens is 260 g/mol. The van der Waals surface area contributed by atoms with Crippen molar-refractivity contribution in [3.63, 3.8) is 0 Å². The lowest BCUT2D eigenvalue weighted by Gasteiger charge is -2.23. The van der Waals surface area contributed by atoms with E-state index in [2.05, 4.69) is 28.3 Å². The Bertz CT molecular complexity index is 537. The van der Waals surface area contributed by atoms with Gasteiger partial charge in [-0.25, -0.2) is 4.79 Å². The summed E-state index contributed by atoms with van der Waals surface area (Å²) in [5.74, 6) is -0.945. The molecule has 1 atom stereocenters. The quantitative estimate of drug-likeness (QED) is 0.912. The molecule has 0 amide bonds. The van der Waals surface area contributed by atoms with E-state index in [-0.39, 0.29) is 5.56 Å². The molecule has 4 nitrogen and oxygen atoms in total. The zero-order valence-electron chi connectivity index (χ0n) is 10.9. The molecule has 2 heterocycles. The summed E-state index contributed by atoms with van der Waals surface area (Å²) in [6.07, 6.45) is 1.40. The van der Waals surface area contributed by atoms with Crippen molar-refractivity contribution in [2.45, 2.75) is 19.5 Å². The molecule has 0 aliphatic carbocycles. The molecule has 0 aromatic carbocycles. The Hall–Kier alpha value is -1.72. The zero-order valence-corrected chi connectivity index (χ0v) is 11.7. The number of carboxylic acid groups (broad SMARTS) is 1. The van der Waals surface area contributed by atoms with Crippen molar-refractivity contribution in [1.82, 2.24) is 9.88 Å². The summed E-state index contributed by atoms with van der Waals surface area (Å²) in [6.45, 7) is 2.84. The van der Waals surface area contributed by atoms with Gasteiger partial charge in [-0.1, -0.05) is 6.07 Å². The van der Waals surface area contributed by atoms with E-state index in [9.17, 15) is 4.79 Å². The molecule has 0 aliphatic heterocycles. The Morgan fingerprint density at radius 2 is 2.26 bits per heavy atom. The van der Waals surface area contributed by atoms with Crippen LogP contribution in [0.15, 0.2) is 35.8 Å². The number of hydrogen-bond acceptors (Lipinski definition) is 4. The van der Waals surface area contributed by atoms with Gasteiger partial charge in [0.2, 0.25) is 0 Å². The molecule has 2 aromatic rings. The molecule has 2 aromatic heterocycles. The van der Waals surface area contributed by atoms with Crippen LogP contribution in [-0.2, 0) is 6.54 Å². The van der Waals surface area contributed by atoms with Crippen LogP contribution in [0.3, 0.4) is 0 Å². The molecule has 0 spiro atoms. The summed E-state index contributed by atoms with van der Waals surface area (Å²) in [7, 11) is 2.04. The molecular formula is C14H16N2O2S. The largest absolute Gasteiger partial charge is 0.478 e. The third-order valence-electron chi connectivity index (χ3n) is 3.10. The Morgan fingerprint density at radius 1 is 1.47 bits per heavy atom. The van der Waals surface area contributed by atoms with Gasteiger partial charge in [-0.05, 0) is 37.6 Å². The molecule has 19 heavy (non-hydrogen) atoms. The van der Waals surface area contributed by atoms with Crippen molar-refractivity contribution in [3.8, 4) is 0 Å².